The summed E-state index contributed by atoms with van der Waals surface area (Å²) in [6.07, 6.45) is 3.45. The molecule has 2 aromatic heterocycles. The Kier molecular flexibility index (Phi) is 3.11. The smallest absolute Gasteiger partial charge is 0.266 e. The van der Waals surface area contributed by atoms with Crippen molar-refractivity contribution in [3.63, 3.8) is 0 Å². The minimum absolute atomic E-state index is 0.0876. The van der Waals surface area contributed by atoms with Gasteiger partial charge in [0.25, 0.3) is 10.7 Å². The normalized spacial score (nSPS) is 10.8. The zero-order chi connectivity index (χ0) is 14.1. The Hall–Kier alpha value is -2.41. The van der Waals surface area contributed by atoms with Crippen molar-refractivity contribution in [2.75, 3.05) is 7.05 Å². The fourth-order valence-corrected chi connectivity index (χ4v) is 2.21. The van der Waals surface area contributed by atoms with Gasteiger partial charge in [0, 0.05) is 30.9 Å². The molecule has 1 amide bonds. The number of rotatable bonds is 3. The predicted molar refractivity (Wildman–Crippen MR) is 75.8 cm³/mol. The maximum atomic E-state index is 12.3. The minimum Gasteiger partial charge on any atom is -0.429 e. The Morgan fingerprint density at radius 1 is 1.50 bits per heavy atom. The fourth-order valence-electron chi connectivity index (χ4n) is 2.01. The molecule has 20 heavy (non-hydrogen) atoms. The lowest BCUT2D eigenvalue weighted by molar-refractivity contribution is 0.0785. The lowest BCUT2D eigenvalue weighted by Gasteiger charge is -2.16. The van der Waals surface area contributed by atoms with Gasteiger partial charge in [0.05, 0.1) is 11.7 Å². The molecule has 0 aliphatic heterocycles. The Morgan fingerprint density at radius 2 is 2.35 bits per heavy atom. The number of hydrogen-bond donors (Lipinski definition) is 2. The summed E-state index contributed by atoms with van der Waals surface area (Å²) in [4.78, 5) is 17.2. The number of H-pyrrole nitrogens is 2. The summed E-state index contributed by atoms with van der Waals surface area (Å²) in [7, 11) is 1.74. The van der Waals surface area contributed by atoms with Gasteiger partial charge >= 0.3 is 0 Å². The Labute approximate surface area is 119 Å². The number of aromatic nitrogens is 3. The van der Waals surface area contributed by atoms with Crippen molar-refractivity contribution >= 4 is 29.2 Å². The molecule has 3 rings (SSSR count). The number of benzene rings is 1. The standard InChI is InChI=1S/C13H12N4O2S/c1-17(7-8-5-14-15-6-8)12(18)9-2-3-10-11(4-9)19-13(20)16-10/h2-6H,7H2,1H3,(H,14,15)(H,16,20). The van der Waals surface area contributed by atoms with E-state index in [-0.39, 0.29) is 5.91 Å². The van der Waals surface area contributed by atoms with Gasteiger partial charge in [-0.05, 0) is 30.4 Å². The van der Waals surface area contributed by atoms with Gasteiger partial charge in [0.15, 0.2) is 5.58 Å². The number of nitrogens with one attached hydrogen (secondary N) is 2. The first-order valence-corrected chi connectivity index (χ1v) is 6.40. The Morgan fingerprint density at radius 3 is 3.10 bits per heavy atom. The minimum atomic E-state index is -0.0876. The summed E-state index contributed by atoms with van der Waals surface area (Å²) in [5, 5.41) is 6.58. The largest absolute Gasteiger partial charge is 0.429 e. The van der Waals surface area contributed by atoms with Gasteiger partial charge in [-0.15, -0.1) is 0 Å². The first-order chi connectivity index (χ1) is 9.63. The number of carbonyl (C=O) groups is 1. The molecule has 2 N–H and O–H groups in total. The number of carbonyl (C=O) groups excluding carboxylic acids is 1. The first kappa shape index (κ1) is 12.6. The van der Waals surface area contributed by atoms with Gasteiger partial charge in [-0.2, -0.15) is 5.10 Å². The third-order valence-electron chi connectivity index (χ3n) is 2.99. The molecule has 3 aromatic rings. The van der Waals surface area contributed by atoms with Gasteiger partial charge in [-0.1, -0.05) is 0 Å². The van der Waals surface area contributed by atoms with E-state index in [4.69, 9.17) is 16.6 Å². The molecule has 0 aliphatic rings. The van der Waals surface area contributed by atoms with Gasteiger partial charge in [-0.3, -0.25) is 9.89 Å². The quantitative estimate of drug-likeness (QED) is 0.726. The van der Waals surface area contributed by atoms with Crippen LogP contribution in [0.5, 0.6) is 0 Å². The highest BCUT2D eigenvalue weighted by atomic mass is 32.1. The lowest BCUT2D eigenvalue weighted by atomic mass is 10.2. The lowest BCUT2D eigenvalue weighted by Crippen LogP contribution is -2.25. The summed E-state index contributed by atoms with van der Waals surface area (Å²) < 4.78 is 5.32. The van der Waals surface area contributed by atoms with Crippen LogP contribution >= 0.6 is 12.2 Å². The highest BCUT2D eigenvalue weighted by Gasteiger charge is 2.14. The highest BCUT2D eigenvalue weighted by Crippen LogP contribution is 2.17. The van der Waals surface area contributed by atoms with E-state index in [2.05, 4.69) is 15.2 Å². The van der Waals surface area contributed by atoms with Crippen LogP contribution in [-0.2, 0) is 6.54 Å². The Balaban J connectivity index is 1.85. The second-order valence-electron chi connectivity index (χ2n) is 4.49. The number of aromatic amines is 2. The predicted octanol–water partition coefficient (Wildman–Crippen LogP) is 2.49. The summed E-state index contributed by atoms with van der Waals surface area (Å²) >= 11 is 4.92. The molecule has 0 saturated heterocycles. The molecule has 2 heterocycles. The van der Waals surface area contributed by atoms with Crippen LogP contribution in [0.3, 0.4) is 0 Å². The number of oxazole rings is 1. The maximum absolute atomic E-state index is 12.3. The van der Waals surface area contributed by atoms with E-state index in [0.29, 0.717) is 22.5 Å². The SMILES string of the molecule is CN(Cc1cn[nH]c1)C(=O)c1ccc2[nH]c(=S)oc2c1. The molecular formula is C13H12N4O2S. The molecule has 0 atom stereocenters. The van der Waals surface area contributed by atoms with Crippen molar-refractivity contribution in [2.24, 2.45) is 0 Å². The molecule has 0 aliphatic carbocycles. The molecule has 1 aromatic carbocycles. The number of hydrogen-bond acceptors (Lipinski definition) is 4. The Bertz CT molecular complexity index is 803. The number of fused-ring (bicyclic) bond motifs is 1. The first-order valence-electron chi connectivity index (χ1n) is 5.99. The van der Waals surface area contributed by atoms with Crippen LogP contribution in [0.2, 0.25) is 0 Å². The van der Waals surface area contributed by atoms with Crippen LogP contribution in [0, 0.1) is 4.84 Å². The molecule has 0 radical (unpaired) electrons. The van der Waals surface area contributed by atoms with E-state index >= 15 is 0 Å². The highest BCUT2D eigenvalue weighted by molar-refractivity contribution is 7.71. The third-order valence-corrected chi connectivity index (χ3v) is 3.17. The summed E-state index contributed by atoms with van der Waals surface area (Å²) in [5.74, 6) is -0.0876. The van der Waals surface area contributed by atoms with Crippen LogP contribution in [0.1, 0.15) is 15.9 Å². The molecule has 0 saturated carbocycles. The fraction of sp³-hybridized carbons (Fsp3) is 0.154. The van der Waals surface area contributed by atoms with Crippen molar-refractivity contribution in [1.82, 2.24) is 20.1 Å². The zero-order valence-corrected chi connectivity index (χ0v) is 11.5. The molecule has 0 unspecified atom stereocenters. The van der Waals surface area contributed by atoms with Crippen LogP contribution < -0.4 is 0 Å². The van der Waals surface area contributed by atoms with E-state index in [1.165, 1.54) is 0 Å². The second kappa shape index (κ2) is 4.93. The molecule has 0 spiro atoms. The number of nitrogens with zero attached hydrogens (tertiary/aromatic N) is 2. The van der Waals surface area contributed by atoms with Crippen molar-refractivity contribution in [1.29, 1.82) is 0 Å². The second-order valence-corrected chi connectivity index (χ2v) is 4.86. The monoisotopic (exact) mass is 288 g/mol. The molecule has 7 heteroatoms. The van der Waals surface area contributed by atoms with Crippen LogP contribution in [0.4, 0.5) is 0 Å². The summed E-state index contributed by atoms with van der Waals surface area (Å²) in [6.45, 7) is 0.490. The van der Waals surface area contributed by atoms with Crippen LogP contribution in [0.25, 0.3) is 11.1 Å². The summed E-state index contributed by atoms with van der Waals surface area (Å²) in [5.41, 5.74) is 2.86. The van der Waals surface area contributed by atoms with E-state index in [0.717, 1.165) is 11.1 Å². The molecule has 0 fully saturated rings. The van der Waals surface area contributed by atoms with Gasteiger partial charge in [0.2, 0.25) is 0 Å². The van der Waals surface area contributed by atoms with E-state index in [9.17, 15) is 4.79 Å². The molecule has 6 nitrogen and oxygen atoms in total. The molecule has 102 valence electrons. The van der Waals surface area contributed by atoms with Crippen molar-refractivity contribution in [3.05, 3.63) is 46.6 Å². The van der Waals surface area contributed by atoms with Crippen LogP contribution in [0.15, 0.2) is 35.0 Å². The van der Waals surface area contributed by atoms with Crippen molar-refractivity contribution < 1.29 is 9.21 Å². The summed E-state index contributed by atoms with van der Waals surface area (Å²) in [6, 6.07) is 5.22. The average molecular weight is 288 g/mol. The van der Waals surface area contributed by atoms with E-state index in [1.54, 1.807) is 42.5 Å². The third kappa shape index (κ3) is 2.35. The average Bonchev–Trinajstić information content (AvgIpc) is 3.04. The van der Waals surface area contributed by atoms with Gasteiger partial charge < -0.3 is 14.3 Å². The van der Waals surface area contributed by atoms with E-state index < -0.39 is 0 Å². The molecule has 0 bridgehead atoms. The van der Waals surface area contributed by atoms with Crippen molar-refractivity contribution in [2.45, 2.75) is 6.54 Å². The van der Waals surface area contributed by atoms with Crippen LogP contribution in [-0.4, -0.2) is 33.0 Å². The topological polar surface area (TPSA) is 77.9 Å². The zero-order valence-electron chi connectivity index (χ0n) is 10.7. The van der Waals surface area contributed by atoms with E-state index in [1.807, 2.05) is 0 Å². The van der Waals surface area contributed by atoms with Gasteiger partial charge in [-0.25, -0.2) is 0 Å². The number of amides is 1. The van der Waals surface area contributed by atoms with Gasteiger partial charge in [0.1, 0.15) is 0 Å². The molecular weight excluding hydrogens is 276 g/mol. The maximum Gasteiger partial charge on any atom is 0.266 e. The van der Waals surface area contributed by atoms with Crippen molar-refractivity contribution in [3.8, 4) is 0 Å².